The van der Waals surface area contributed by atoms with Crippen molar-refractivity contribution in [2.75, 3.05) is 19.7 Å². The second-order valence-electron chi connectivity index (χ2n) is 26.0. The second-order valence-corrected chi connectivity index (χ2v) is 26.0. The Kier molecular flexibility index (Phi) is 28.7. The monoisotopic (exact) mass is 1190 g/mol. The third-order valence-corrected chi connectivity index (χ3v) is 15.5. The first-order chi connectivity index (χ1) is 38.8. The highest BCUT2D eigenvalue weighted by Crippen LogP contribution is 2.25. The Morgan fingerprint density at radius 1 is 0.512 bits per heavy atom. The van der Waals surface area contributed by atoms with Gasteiger partial charge in [-0.2, -0.15) is 0 Å². The number of hydrogen-bond donors (Lipinski definition) is 11. The predicted molar refractivity (Wildman–Crippen MR) is 316 cm³/mol. The van der Waals surface area contributed by atoms with Gasteiger partial charge in [0.2, 0.25) is 70.9 Å². The zero-order valence-electron chi connectivity index (χ0n) is 53.2. The molecule has 0 radical (unpaired) electrons. The summed E-state index contributed by atoms with van der Waals surface area (Å²) in [5, 5.41) is 34.6. The summed E-state index contributed by atoms with van der Waals surface area (Å²) in [7, 11) is 0. The van der Waals surface area contributed by atoms with Crippen LogP contribution in [-0.4, -0.2) is 170 Å². The van der Waals surface area contributed by atoms with Gasteiger partial charge in [0.1, 0.15) is 58.9 Å². The first-order valence-corrected chi connectivity index (χ1v) is 30.1. The number of aliphatic hydroxyl groups excluding tert-OH is 1. The summed E-state index contributed by atoms with van der Waals surface area (Å²) in [5.41, 5.74) is 0.763. The maximum absolute atomic E-state index is 14.5. The number of hydrogen-bond acceptors (Lipinski definition) is 13. The van der Waals surface area contributed by atoms with Crippen LogP contribution in [-0.2, 0) is 57.5 Å². The van der Waals surface area contributed by atoms with Crippen LogP contribution >= 0.6 is 0 Å². The van der Waals surface area contributed by atoms with Gasteiger partial charge >= 0.3 is 0 Å². The largest absolute Gasteiger partial charge is 0.394 e. The summed E-state index contributed by atoms with van der Waals surface area (Å²) in [6, 6.07) is -8.49. The highest BCUT2D eigenvalue weighted by molar-refractivity contribution is 6.01. The van der Waals surface area contributed by atoms with E-state index in [0.717, 1.165) is 0 Å². The van der Waals surface area contributed by atoms with Crippen LogP contribution in [0, 0.1) is 29.6 Å². The molecule has 0 aromatic heterocycles. The first-order valence-electron chi connectivity index (χ1n) is 30.1. The van der Waals surface area contributed by atoms with Gasteiger partial charge in [0.15, 0.2) is 0 Å². The van der Waals surface area contributed by atoms with Gasteiger partial charge < -0.3 is 68.5 Å². The van der Waals surface area contributed by atoms with Crippen molar-refractivity contribution in [1.82, 2.24) is 57.7 Å². The zero-order chi connectivity index (χ0) is 64.4. The van der Waals surface area contributed by atoms with Gasteiger partial charge in [0.05, 0.1) is 12.6 Å². The van der Waals surface area contributed by atoms with Crippen molar-refractivity contribution in [3.8, 4) is 0 Å². The van der Waals surface area contributed by atoms with Crippen molar-refractivity contribution in [1.29, 1.82) is 0 Å². The van der Waals surface area contributed by atoms with Crippen LogP contribution in [0.4, 0.5) is 0 Å². The third-order valence-electron chi connectivity index (χ3n) is 15.5. The van der Waals surface area contributed by atoms with Crippen molar-refractivity contribution in [2.45, 2.75) is 253 Å². The van der Waals surface area contributed by atoms with E-state index in [4.69, 9.17) is 5.73 Å². The van der Waals surface area contributed by atoms with Gasteiger partial charge in [0, 0.05) is 26.4 Å². The molecule has 0 aromatic rings. The van der Waals surface area contributed by atoms with Crippen molar-refractivity contribution >= 4 is 70.9 Å². The fourth-order valence-electron chi connectivity index (χ4n) is 10.5. The van der Waals surface area contributed by atoms with E-state index in [-0.39, 0.29) is 75.5 Å². The quantitative estimate of drug-likeness (QED) is 0.0439. The number of likely N-dealkylation sites (tertiary alicyclic amines) is 2. The number of carbonyl (C=O) groups is 12. The minimum Gasteiger partial charge on any atom is -0.394 e. The topological polar surface area (TPSA) is 366 Å². The third kappa shape index (κ3) is 22.2. The number of carbonyl (C=O) groups excluding carboxylic acids is 12. The van der Waals surface area contributed by atoms with E-state index < -0.39 is 142 Å². The Bertz CT molecular complexity index is 2340. The Morgan fingerprint density at radius 3 is 1.29 bits per heavy atom. The standard InChI is InChI=1S/C59H104N12O13/c1-18-35(9)45(65-47(75)39(24-25-44(60)74)64-54(82)57(12,13)67-37(11)73)52(80)62-40(29-33(5)6)48(76)69-59(16,17)56(84)71-27-21-23-43(71)51(79)66-46(36(10)19-2)53(81)63-41(30-34(7)8)49(77)68-58(14,15)55(83)70-26-20-22-42(70)50(78)61-38(31-72)28-32(3)4/h32-36,38-43,45-46,72H,18-31H2,1-17H3,(H2,60,74)(H,61,78)(H,62,80)(H,63,81)(H,64,82)(H,65,75)(H,66,79)(H,67,73)(H,68,77)(H,69,76). The zero-order valence-corrected chi connectivity index (χ0v) is 53.2. The van der Waals surface area contributed by atoms with Crippen LogP contribution < -0.4 is 53.6 Å². The maximum atomic E-state index is 14.5. The molecular weight excluding hydrogens is 1080 g/mol. The van der Waals surface area contributed by atoms with Crippen LogP contribution in [0.2, 0.25) is 0 Å². The molecule has 2 aliphatic rings. The van der Waals surface area contributed by atoms with Crippen molar-refractivity contribution in [3.05, 3.63) is 0 Å². The lowest BCUT2D eigenvalue weighted by Gasteiger charge is -2.36. The Morgan fingerprint density at radius 2 is 0.917 bits per heavy atom. The lowest BCUT2D eigenvalue weighted by Crippen LogP contribution is -2.64. The van der Waals surface area contributed by atoms with E-state index >= 15 is 0 Å². The molecule has 2 saturated heterocycles. The highest BCUT2D eigenvalue weighted by atomic mass is 16.3. The van der Waals surface area contributed by atoms with Crippen LogP contribution in [0.5, 0.6) is 0 Å². The molecule has 10 unspecified atom stereocenters. The predicted octanol–water partition coefficient (Wildman–Crippen LogP) is 1.07. The molecule has 25 nitrogen and oxygen atoms in total. The molecule has 0 bridgehead atoms. The summed E-state index contributed by atoms with van der Waals surface area (Å²) in [6.45, 7) is 28.7. The molecule has 0 spiro atoms. The molecule has 0 aliphatic carbocycles. The highest BCUT2D eigenvalue weighted by Gasteiger charge is 2.46. The van der Waals surface area contributed by atoms with Crippen molar-refractivity contribution in [3.63, 3.8) is 0 Å². The van der Waals surface area contributed by atoms with E-state index in [1.165, 1.54) is 58.3 Å². The van der Waals surface area contributed by atoms with Crippen LogP contribution in [0.15, 0.2) is 0 Å². The van der Waals surface area contributed by atoms with Gasteiger partial charge in [-0.05, 0) is 122 Å². The molecule has 25 heteroatoms. The molecule has 478 valence electrons. The molecule has 84 heavy (non-hydrogen) atoms. The summed E-state index contributed by atoms with van der Waals surface area (Å²) in [6.07, 6.45) is 2.72. The molecule has 10 atom stereocenters. The van der Waals surface area contributed by atoms with Crippen LogP contribution in [0.3, 0.4) is 0 Å². The molecule has 0 saturated carbocycles. The number of nitrogens with two attached hydrogens (primary N) is 1. The van der Waals surface area contributed by atoms with E-state index in [1.54, 1.807) is 20.8 Å². The maximum Gasteiger partial charge on any atom is 0.248 e. The smallest absolute Gasteiger partial charge is 0.248 e. The minimum absolute atomic E-state index is 0.104. The van der Waals surface area contributed by atoms with E-state index in [0.29, 0.717) is 38.5 Å². The number of nitrogens with one attached hydrogen (secondary N) is 9. The molecular formula is C59H104N12O13. The average Bonchev–Trinajstić information content (AvgIpc) is 3.20. The number of amides is 12. The number of aliphatic hydroxyl groups is 1. The Balaban J connectivity index is 2.33. The van der Waals surface area contributed by atoms with Crippen molar-refractivity contribution in [2.24, 2.45) is 35.3 Å². The molecule has 12 N–H and O–H groups in total. The Labute approximate surface area is 497 Å². The van der Waals surface area contributed by atoms with E-state index in [2.05, 4.69) is 47.9 Å². The van der Waals surface area contributed by atoms with Crippen molar-refractivity contribution < 1.29 is 62.6 Å². The first kappa shape index (κ1) is 73.7. The van der Waals surface area contributed by atoms with Gasteiger partial charge in [-0.25, -0.2) is 0 Å². The molecule has 2 fully saturated rings. The number of nitrogens with zero attached hydrogens (tertiary/aromatic N) is 2. The fraction of sp³-hybridized carbons (Fsp3) is 0.797. The lowest BCUT2D eigenvalue weighted by molar-refractivity contribution is -0.146. The molecule has 2 aliphatic heterocycles. The summed E-state index contributed by atoms with van der Waals surface area (Å²) in [4.78, 5) is 167. The van der Waals surface area contributed by atoms with Gasteiger partial charge in [-0.1, -0.05) is 82.1 Å². The average molecular weight is 1190 g/mol. The Hall–Kier alpha value is -6.40. The van der Waals surface area contributed by atoms with Gasteiger partial charge in [-0.15, -0.1) is 0 Å². The second kappa shape index (κ2) is 32.8. The molecule has 0 aromatic carbocycles. The van der Waals surface area contributed by atoms with Crippen LogP contribution in [0.25, 0.3) is 0 Å². The lowest BCUT2D eigenvalue weighted by atomic mass is 9.95. The molecule has 12 amide bonds. The summed E-state index contributed by atoms with van der Waals surface area (Å²) >= 11 is 0. The SMILES string of the molecule is CCC(C)C(NC(=O)C(CCC(N)=O)NC(=O)C(C)(C)NC(C)=O)C(=O)NC(CC(C)C)C(=O)NC(C)(C)C(=O)N1CCCC1C(=O)NC(C(=O)NC(CC(C)C)C(=O)NC(C)(C)C(=O)N1CCCC1C(=O)NC(CO)CC(C)C)C(C)CC. The normalized spacial score (nSPS) is 18.5. The molecule has 2 heterocycles. The number of primary amides is 1. The molecule has 2 rings (SSSR count). The van der Waals surface area contributed by atoms with E-state index in [9.17, 15) is 62.6 Å². The summed E-state index contributed by atoms with van der Waals surface area (Å²) < 4.78 is 0. The van der Waals surface area contributed by atoms with Crippen LogP contribution in [0.1, 0.15) is 188 Å². The summed E-state index contributed by atoms with van der Waals surface area (Å²) in [5.74, 6) is -8.75. The van der Waals surface area contributed by atoms with E-state index in [1.807, 2.05) is 48.5 Å². The van der Waals surface area contributed by atoms with Gasteiger partial charge in [0.25, 0.3) is 0 Å². The fourth-order valence-corrected chi connectivity index (χ4v) is 10.5. The number of rotatable bonds is 33. The van der Waals surface area contributed by atoms with Gasteiger partial charge in [-0.3, -0.25) is 57.5 Å². The minimum atomic E-state index is -1.65.